The standard InChI is InChI=1S/C19H27N5.2F6P.Fe.N3/c1-22-10-12-23(16-18-6-2-4-8-20-18)14-15-24(13-11-22)17-19-7-3-5-9-21-19;2*1-7(2,3,4,5)6;;1-3-2/h2-9H,10-17H2,1H3;;;;/q;2*-1;+6;-1. The summed E-state index contributed by atoms with van der Waals surface area (Å²) in [6.45, 7) is 8.36. The number of halogens is 12. The van der Waals surface area contributed by atoms with Crippen molar-refractivity contribution in [3.8, 4) is 0 Å². The molecule has 2 aromatic heterocycles. The average molecular weight is 713 g/mol. The zero-order valence-corrected chi connectivity index (χ0v) is 24.5. The van der Waals surface area contributed by atoms with Crippen LogP contribution in [0.3, 0.4) is 0 Å². The van der Waals surface area contributed by atoms with Crippen LogP contribution in [0.25, 0.3) is 16.0 Å². The van der Waals surface area contributed by atoms with E-state index in [1.807, 2.05) is 24.5 Å². The molecule has 1 saturated heterocycles. The van der Waals surface area contributed by atoms with Crippen LogP contribution in [0, 0.1) is 0 Å². The van der Waals surface area contributed by atoms with E-state index in [1.54, 1.807) is 0 Å². The number of rotatable bonds is 4. The van der Waals surface area contributed by atoms with E-state index in [0.717, 1.165) is 63.7 Å². The first kappa shape index (κ1) is 42.2. The maximum absolute atomic E-state index is 10.7. The Bertz CT molecular complexity index is 985. The van der Waals surface area contributed by atoms with Gasteiger partial charge in [-0.25, -0.2) is 0 Å². The molecule has 1 aliphatic heterocycles. The van der Waals surface area contributed by atoms with E-state index >= 15 is 0 Å². The van der Waals surface area contributed by atoms with Crippen molar-refractivity contribution in [2.24, 2.45) is 0 Å². The smallest absolute Gasteiger partial charge is 0.373 e. The fourth-order valence-corrected chi connectivity index (χ4v) is 3.00. The first-order chi connectivity index (χ1) is 18.1. The Balaban J connectivity index is 0. The minimum Gasteiger partial charge on any atom is -0.373 e. The SMILES string of the molecule is CN1CCN(Cc2ccccn2)CCN(Cc2ccccn2)CC1.F[P-](F)(F)(F)(F)F.F[P-](F)(F)(F)(F)F.[Fe+6].[N-]=[N+]=[N-]. The zero-order valence-electron chi connectivity index (χ0n) is 21.6. The minimum atomic E-state index is -10.7. The second kappa shape index (κ2) is 14.7. The molecule has 3 heterocycles. The van der Waals surface area contributed by atoms with Crippen LogP contribution in [0.5, 0.6) is 0 Å². The molecule has 242 valence electrons. The van der Waals surface area contributed by atoms with Crippen LogP contribution in [-0.2, 0) is 30.2 Å². The van der Waals surface area contributed by atoms with E-state index in [-0.39, 0.29) is 17.1 Å². The number of nitrogens with zero attached hydrogens (tertiary/aromatic N) is 8. The first-order valence-electron chi connectivity index (χ1n) is 11.2. The van der Waals surface area contributed by atoms with Crippen molar-refractivity contribution in [2.45, 2.75) is 13.1 Å². The van der Waals surface area contributed by atoms with E-state index in [2.05, 4.69) is 56.0 Å². The van der Waals surface area contributed by atoms with Crippen molar-refractivity contribution >= 4 is 15.6 Å². The summed E-state index contributed by atoms with van der Waals surface area (Å²) in [6, 6.07) is 12.3. The molecular weight excluding hydrogens is 686 g/mol. The molecule has 0 unspecified atom stereocenters. The second-order valence-corrected chi connectivity index (χ2v) is 12.3. The maximum Gasteiger partial charge on any atom is 6.00 e. The molecule has 0 atom stereocenters. The fourth-order valence-electron chi connectivity index (χ4n) is 3.00. The number of hydrogen-bond donors (Lipinski definition) is 0. The van der Waals surface area contributed by atoms with Gasteiger partial charge in [0, 0.05) is 64.8 Å². The third-order valence-corrected chi connectivity index (χ3v) is 4.55. The molecule has 0 spiro atoms. The van der Waals surface area contributed by atoms with Crippen molar-refractivity contribution in [3.63, 3.8) is 0 Å². The molecule has 0 bridgehead atoms. The molecule has 1 fully saturated rings. The second-order valence-electron chi connectivity index (χ2n) is 8.50. The number of aromatic nitrogens is 2. The fraction of sp³-hybridized carbons (Fsp3) is 0.474. The van der Waals surface area contributed by atoms with Gasteiger partial charge in [-0.1, -0.05) is 12.1 Å². The molecular formula is C19H27F12FeN8P2+3. The van der Waals surface area contributed by atoms with Crippen LogP contribution in [-0.4, -0.2) is 71.0 Å². The van der Waals surface area contributed by atoms with Crippen LogP contribution in [0.4, 0.5) is 50.4 Å². The van der Waals surface area contributed by atoms with Crippen LogP contribution in [0.2, 0.25) is 0 Å². The van der Waals surface area contributed by atoms with Gasteiger partial charge in [0.15, 0.2) is 0 Å². The Labute approximate surface area is 243 Å². The van der Waals surface area contributed by atoms with Crippen molar-refractivity contribution < 1.29 is 67.4 Å². The summed E-state index contributed by atoms with van der Waals surface area (Å²) in [5.41, 5.74) is 15.8. The minimum absolute atomic E-state index is 0. The summed E-state index contributed by atoms with van der Waals surface area (Å²) < 4.78 is 118. The van der Waals surface area contributed by atoms with Crippen LogP contribution in [0.1, 0.15) is 11.4 Å². The molecule has 42 heavy (non-hydrogen) atoms. The number of likely N-dealkylation sites (N-methyl/N-ethyl adjacent to an activating group) is 1. The van der Waals surface area contributed by atoms with E-state index in [0.29, 0.717) is 0 Å². The summed E-state index contributed by atoms with van der Waals surface area (Å²) in [7, 11) is -19.1. The van der Waals surface area contributed by atoms with Crippen molar-refractivity contribution in [2.75, 3.05) is 46.3 Å². The van der Waals surface area contributed by atoms with Gasteiger partial charge < -0.3 is 16.0 Å². The van der Waals surface area contributed by atoms with Gasteiger partial charge in [-0.3, -0.25) is 24.7 Å². The zero-order chi connectivity index (χ0) is 32.1. The molecule has 8 nitrogen and oxygen atoms in total. The molecule has 1 aliphatic rings. The maximum atomic E-state index is 9.87. The average Bonchev–Trinajstić information content (AvgIpc) is 2.84. The quantitative estimate of drug-likeness (QED) is 0.0787. The van der Waals surface area contributed by atoms with Gasteiger partial charge in [-0.15, -0.1) is 0 Å². The Hall–Kier alpha value is -1.97. The van der Waals surface area contributed by atoms with Gasteiger partial charge in [0.25, 0.3) is 0 Å². The van der Waals surface area contributed by atoms with E-state index in [9.17, 15) is 50.4 Å². The van der Waals surface area contributed by atoms with Gasteiger partial charge >= 0.3 is 83.0 Å². The molecule has 0 amide bonds. The molecule has 23 heteroatoms. The Kier molecular flexibility index (Phi) is 14.7. The number of pyridine rings is 2. The molecule has 2 aromatic rings. The predicted molar refractivity (Wildman–Crippen MR) is 134 cm³/mol. The van der Waals surface area contributed by atoms with E-state index in [4.69, 9.17) is 11.1 Å². The molecule has 0 N–H and O–H groups in total. The van der Waals surface area contributed by atoms with Crippen molar-refractivity contribution in [1.29, 1.82) is 0 Å². The van der Waals surface area contributed by atoms with Crippen LogP contribution >= 0.6 is 15.6 Å². The van der Waals surface area contributed by atoms with E-state index in [1.165, 1.54) is 4.91 Å². The van der Waals surface area contributed by atoms with Crippen LogP contribution in [0.15, 0.2) is 48.8 Å². The molecule has 0 aromatic carbocycles. The number of hydrogen-bond acceptors (Lipinski definition) is 5. The van der Waals surface area contributed by atoms with Gasteiger partial charge in [-0.05, 0) is 31.3 Å². The van der Waals surface area contributed by atoms with E-state index < -0.39 is 15.6 Å². The Morgan fingerprint density at radius 3 is 1.12 bits per heavy atom. The largest absolute Gasteiger partial charge is 6.00 e. The summed E-state index contributed by atoms with van der Waals surface area (Å²) in [5, 5.41) is 0. The third-order valence-electron chi connectivity index (χ3n) is 4.55. The van der Waals surface area contributed by atoms with Gasteiger partial charge in [0.05, 0.1) is 11.4 Å². The third kappa shape index (κ3) is 38.0. The van der Waals surface area contributed by atoms with Gasteiger partial charge in [0.1, 0.15) is 0 Å². The normalized spacial score (nSPS) is 18.6. The summed E-state index contributed by atoms with van der Waals surface area (Å²) in [5.74, 6) is 0. The summed E-state index contributed by atoms with van der Waals surface area (Å²) >= 11 is 0. The molecule has 3 rings (SSSR count). The Morgan fingerprint density at radius 1 is 0.619 bits per heavy atom. The van der Waals surface area contributed by atoms with Crippen LogP contribution < -0.4 is 0 Å². The van der Waals surface area contributed by atoms with Crippen molar-refractivity contribution in [1.82, 2.24) is 24.7 Å². The molecule has 0 radical (unpaired) electrons. The van der Waals surface area contributed by atoms with Gasteiger partial charge in [-0.2, -0.15) is 0 Å². The first-order valence-corrected chi connectivity index (χ1v) is 15.2. The topological polar surface area (TPSA) is 94.2 Å². The summed E-state index contributed by atoms with van der Waals surface area (Å²) in [4.78, 5) is 17.9. The predicted octanol–water partition coefficient (Wildman–Crippen LogP) is 9.35. The molecule has 0 aliphatic carbocycles. The Morgan fingerprint density at radius 2 is 0.881 bits per heavy atom. The van der Waals surface area contributed by atoms with Gasteiger partial charge in [0.2, 0.25) is 0 Å². The molecule has 0 saturated carbocycles. The summed E-state index contributed by atoms with van der Waals surface area (Å²) in [6.07, 6.45) is 3.76. The monoisotopic (exact) mass is 713 g/mol. The van der Waals surface area contributed by atoms with Crippen molar-refractivity contribution in [3.05, 3.63) is 76.2 Å².